The highest BCUT2D eigenvalue weighted by Gasteiger charge is 2.32. The maximum atomic E-state index is 6.45. The first kappa shape index (κ1) is 17.1. The molecule has 0 N–H and O–H groups in total. The van der Waals surface area contributed by atoms with Crippen LogP contribution in [0.4, 0.5) is 0 Å². The normalized spacial score (nSPS) is 11.7. The Kier molecular flexibility index (Phi) is 5.93. The van der Waals surface area contributed by atoms with E-state index in [1.165, 1.54) is 22.3 Å². The van der Waals surface area contributed by atoms with E-state index < -0.39 is 0 Å². The average Bonchev–Trinajstić information content (AvgIpc) is 2.48. The predicted molar refractivity (Wildman–Crippen MR) is 100 cm³/mol. The molecule has 0 aliphatic rings. The Morgan fingerprint density at radius 3 is 2.24 bits per heavy atom. The molecule has 2 rings (SSSR count). The standard InChI is InChI=1S/C18H19Br2Cl/c1-13-7-8-15(17(21)9-13)10-18(11-19,12-20)16-6-4-3-5-14(16)2/h3-9H,10-12H2,1-2H3. The zero-order valence-corrected chi connectivity index (χ0v) is 16.2. The highest BCUT2D eigenvalue weighted by Crippen LogP contribution is 2.36. The van der Waals surface area contributed by atoms with E-state index in [0.717, 1.165) is 22.1 Å². The number of benzene rings is 2. The van der Waals surface area contributed by atoms with Crippen LogP contribution in [0.1, 0.15) is 22.3 Å². The van der Waals surface area contributed by atoms with Crippen LogP contribution in [0.5, 0.6) is 0 Å². The summed E-state index contributed by atoms with van der Waals surface area (Å²) in [5, 5.41) is 2.63. The van der Waals surface area contributed by atoms with Gasteiger partial charge in [-0.25, -0.2) is 0 Å². The van der Waals surface area contributed by atoms with Crippen molar-refractivity contribution in [3.8, 4) is 0 Å². The quantitative estimate of drug-likeness (QED) is 0.494. The summed E-state index contributed by atoms with van der Waals surface area (Å²) in [5.41, 5.74) is 5.09. The van der Waals surface area contributed by atoms with Crippen molar-refractivity contribution in [1.29, 1.82) is 0 Å². The van der Waals surface area contributed by atoms with Gasteiger partial charge in [-0.1, -0.05) is 79.9 Å². The van der Waals surface area contributed by atoms with Gasteiger partial charge in [-0.2, -0.15) is 0 Å². The maximum absolute atomic E-state index is 6.45. The molecule has 0 saturated carbocycles. The van der Waals surface area contributed by atoms with Crippen molar-refractivity contribution in [2.45, 2.75) is 25.7 Å². The highest BCUT2D eigenvalue weighted by atomic mass is 79.9. The number of halogens is 3. The van der Waals surface area contributed by atoms with Gasteiger partial charge in [0, 0.05) is 21.1 Å². The molecule has 0 aromatic heterocycles. The molecule has 0 bridgehead atoms. The molecule has 2 aromatic rings. The predicted octanol–water partition coefficient (Wildman–Crippen LogP) is 6.23. The summed E-state index contributed by atoms with van der Waals surface area (Å²) in [6.07, 6.45) is 0.910. The third kappa shape index (κ3) is 3.72. The average molecular weight is 431 g/mol. The van der Waals surface area contributed by atoms with Crippen LogP contribution in [0.3, 0.4) is 0 Å². The summed E-state index contributed by atoms with van der Waals surface area (Å²) >= 11 is 13.9. The lowest BCUT2D eigenvalue weighted by atomic mass is 9.77. The van der Waals surface area contributed by atoms with Gasteiger partial charge in [0.25, 0.3) is 0 Å². The van der Waals surface area contributed by atoms with Gasteiger partial charge in [-0.3, -0.25) is 0 Å². The molecule has 112 valence electrons. The molecule has 0 unspecified atom stereocenters. The fourth-order valence-corrected chi connectivity index (χ4v) is 4.93. The van der Waals surface area contributed by atoms with Gasteiger partial charge in [-0.05, 0) is 48.6 Å². The Morgan fingerprint density at radius 2 is 1.67 bits per heavy atom. The van der Waals surface area contributed by atoms with Gasteiger partial charge >= 0.3 is 0 Å². The second kappa shape index (κ2) is 7.30. The molecule has 21 heavy (non-hydrogen) atoms. The van der Waals surface area contributed by atoms with E-state index in [0.29, 0.717) is 0 Å². The van der Waals surface area contributed by atoms with Crippen molar-refractivity contribution < 1.29 is 0 Å². The number of hydrogen-bond acceptors (Lipinski definition) is 0. The topological polar surface area (TPSA) is 0 Å². The van der Waals surface area contributed by atoms with E-state index in [1.807, 2.05) is 6.07 Å². The van der Waals surface area contributed by atoms with E-state index in [9.17, 15) is 0 Å². The fraction of sp³-hybridized carbons (Fsp3) is 0.333. The summed E-state index contributed by atoms with van der Waals surface area (Å²) in [6.45, 7) is 4.24. The highest BCUT2D eigenvalue weighted by molar-refractivity contribution is 9.09. The third-order valence-corrected chi connectivity index (χ3v) is 6.46. The summed E-state index contributed by atoms with van der Waals surface area (Å²) in [7, 11) is 0. The van der Waals surface area contributed by atoms with Crippen molar-refractivity contribution in [2.75, 3.05) is 10.7 Å². The van der Waals surface area contributed by atoms with E-state index in [4.69, 9.17) is 11.6 Å². The molecule has 3 heteroatoms. The molecule has 0 amide bonds. The van der Waals surface area contributed by atoms with Gasteiger partial charge in [0.1, 0.15) is 0 Å². The van der Waals surface area contributed by atoms with Gasteiger partial charge < -0.3 is 0 Å². The molecule has 0 radical (unpaired) electrons. The Labute approximate surface area is 149 Å². The zero-order valence-electron chi connectivity index (χ0n) is 12.3. The number of rotatable bonds is 5. The molecule has 0 spiro atoms. The number of alkyl halides is 2. The largest absolute Gasteiger partial charge is 0.0918 e. The van der Waals surface area contributed by atoms with Crippen LogP contribution < -0.4 is 0 Å². The van der Waals surface area contributed by atoms with E-state index in [-0.39, 0.29) is 5.41 Å². The Bertz CT molecular complexity index is 618. The van der Waals surface area contributed by atoms with Crippen LogP contribution in [0, 0.1) is 13.8 Å². The van der Waals surface area contributed by atoms with E-state index in [1.54, 1.807) is 0 Å². The first-order valence-corrected chi connectivity index (χ1v) is 9.57. The van der Waals surface area contributed by atoms with Crippen molar-refractivity contribution in [3.63, 3.8) is 0 Å². The van der Waals surface area contributed by atoms with Crippen molar-refractivity contribution >= 4 is 43.5 Å². The van der Waals surface area contributed by atoms with E-state index in [2.05, 4.69) is 82.1 Å². The molecular formula is C18H19Br2Cl. The Morgan fingerprint density at radius 1 is 1.00 bits per heavy atom. The minimum atomic E-state index is 0.00421. The van der Waals surface area contributed by atoms with Crippen LogP contribution in [-0.2, 0) is 11.8 Å². The summed E-state index contributed by atoms with van der Waals surface area (Å²) < 4.78 is 0. The van der Waals surface area contributed by atoms with Gasteiger partial charge in [-0.15, -0.1) is 0 Å². The van der Waals surface area contributed by atoms with Crippen LogP contribution in [-0.4, -0.2) is 10.7 Å². The minimum absolute atomic E-state index is 0.00421. The minimum Gasteiger partial charge on any atom is -0.0918 e. The van der Waals surface area contributed by atoms with Gasteiger partial charge in [0.2, 0.25) is 0 Å². The second-order valence-electron chi connectivity index (χ2n) is 5.63. The summed E-state index contributed by atoms with van der Waals surface area (Å²) in [5.74, 6) is 0. The lowest BCUT2D eigenvalue weighted by Gasteiger charge is -2.32. The zero-order chi connectivity index (χ0) is 15.5. The van der Waals surface area contributed by atoms with Crippen LogP contribution in [0.2, 0.25) is 5.02 Å². The lowest BCUT2D eigenvalue weighted by molar-refractivity contribution is 0.548. The molecule has 0 aliphatic heterocycles. The molecule has 0 nitrogen and oxygen atoms in total. The molecule has 0 saturated heterocycles. The first-order valence-electron chi connectivity index (χ1n) is 6.95. The molecule has 0 aliphatic carbocycles. The van der Waals surface area contributed by atoms with Crippen molar-refractivity contribution in [2.24, 2.45) is 0 Å². The fourth-order valence-electron chi connectivity index (χ4n) is 2.70. The van der Waals surface area contributed by atoms with Crippen LogP contribution >= 0.6 is 43.5 Å². The van der Waals surface area contributed by atoms with Crippen LogP contribution in [0.15, 0.2) is 42.5 Å². The van der Waals surface area contributed by atoms with Crippen molar-refractivity contribution in [3.05, 3.63) is 69.7 Å². The Hall–Kier alpha value is -0.310. The Balaban J connectivity index is 2.46. The summed E-state index contributed by atoms with van der Waals surface area (Å²) in [4.78, 5) is 0. The van der Waals surface area contributed by atoms with Crippen molar-refractivity contribution in [1.82, 2.24) is 0 Å². The number of hydrogen-bond donors (Lipinski definition) is 0. The summed E-state index contributed by atoms with van der Waals surface area (Å²) in [6, 6.07) is 14.9. The molecule has 2 aromatic carbocycles. The lowest BCUT2D eigenvalue weighted by Crippen LogP contribution is -2.34. The van der Waals surface area contributed by atoms with Gasteiger partial charge in [0.15, 0.2) is 0 Å². The molecule has 0 heterocycles. The van der Waals surface area contributed by atoms with Crippen LogP contribution in [0.25, 0.3) is 0 Å². The molecule has 0 atom stereocenters. The molecular weight excluding hydrogens is 411 g/mol. The monoisotopic (exact) mass is 428 g/mol. The smallest absolute Gasteiger partial charge is 0.0440 e. The SMILES string of the molecule is Cc1ccc(CC(CBr)(CBr)c2ccccc2C)c(Cl)c1. The first-order chi connectivity index (χ1) is 10.0. The number of aryl methyl sites for hydroxylation is 2. The van der Waals surface area contributed by atoms with Gasteiger partial charge in [0.05, 0.1) is 0 Å². The second-order valence-corrected chi connectivity index (χ2v) is 7.16. The maximum Gasteiger partial charge on any atom is 0.0440 e. The molecule has 0 fully saturated rings. The third-order valence-electron chi connectivity index (χ3n) is 3.97. The van der Waals surface area contributed by atoms with E-state index >= 15 is 0 Å².